The second-order valence-electron chi connectivity index (χ2n) is 17.8. The van der Waals surface area contributed by atoms with Crippen LogP contribution in [0, 0.1) is 0 Å². The van der Waals surface area contributed by atoms with Gasteiger partial charge in [-0.2, -0.15) is 0 Å². The molecule has 0 aromatic rings. The predicted molar refractivity (Wildman–Crippen MR) is 200 cm³/mol. The van der Waals surface area contributed by atoms with Crippen LogP contribution in [0.4, 0.5) is 0 Å². The average molecular weight is 737 g/mol. The zero-order valence-corrected chi connectivity index (χ0v) is 41.9. The van der Waals surface area contributed by atoms with E-state index in [0.29, 0.717) is 0 Å². The standard InChI is InChI=1S/4C6H18NSi2.2Ti/c4*1-8(2,3)7-9(4,5)6;;/h4*1-6H3;;/q4*-1;2*+2. The van der Waals surface area contributed by atoms with E-state index in [4.69, 9.17) is 18.6 Å². The van der Waals surface area contributed by atoms with Gasteiger partial charge < -0.3 is 18.6 Å². The third-order valence-electron chi connectivity index (χ3n) is 2.68. The van der Waals surface area contributed by atoms with Gasteiger partial charge in [0.25, 0.3) is 0 Å². The zero-order chi connectivity index (χ0) is 30.8. The molecule has 0 aliphatic carbocycles. The predicted octanol–water partition coefficient (Wildman–Crippen LogP) is 12.1. The normalized spacial score (nSPS) is 13.3. The summed E-state index contributed by atoms with van der Waals surface area (Å²) in [5.74, 6) is 0. The minimum Gasteiger partial charge on any atom is -0.668 e. The Hall–Kier alpha value is 3.00. The molecular formula is C24H72N4Si8Ti2. The van der Waals surface area contributed by atoms with Crippen molar-refractivity contribution >= 4 is 65.9 Å². The van der Waals surface area contributed by atoms with Crippen molar-refractivity contribution in [3.63, 3.8) is 0 Å². The molecule has 0 fully saturated rings. The fraction of sp³-hybridized carbons (Fsp3) is 1.00. The quantitative estimate of drug-likeness (QED) is 0.223. The van der Waals surface area contributed by atoms with Gasteiger partial charge in [-0.3, -0.25) is 0 Å². The van der Waals surface area contributed by atoms with Gasteiger partial charge in [-0.15, -0.1) is 0 Å². The molecule has 14 heteroatoms. The van der Waals surface area contributed by atoms with Gasteiger partial charge >= 0.3 is 43.4 Å². The van der Waals surface area contributed by atoms with Crippen LogP contribution >= 0.6 is 0 Å². The molecule has 0 heterocycles. The molecule has 0 aromatic heterocycles. The van der Waals surface area contributed by atoms with Crippen molar-refractivity contribution in [3.8, 4) is 0 Å². The molecular weight excluding hydrogens is 665 g/mol. The van der Waals surface area contributed by atoms with Gasteiger partial charge in [-0.25, -0.2) is 0 Å². The second-order valence-corrected chi connectivity index (χ2v) is 56.1. The van der Waals surface area contributed by atoms with E-state index in [9.17, 15) is 0 Å². The fourth-order valence-electron chi connectivity index (χ4n) is 4.02. The summed E-state index contributed by atoms with van der Waals surface area (Å²) in [6.45, 7) is 55.1. The molecule has 0 unspecified atom stereocenters. The first-order valence-corrected chi connectivity index (χ1v) is 41.4. The molecule has 0 aliphatic heterocycles. The smallest absolute Gasteiger partial charge is 0.668 e. The van der Waals surface area contributed by atoms with Crippen LogP contribution in [0.25, 0.3) is 18.6 Å². The van der Waals surface area contributed by atoms with Crippen molar-refractivity contribution < 1.29 is 43.4 Å². The second kappa shape index (κ2) is 20.1. The molecule has 0 N–H and O–H groups in total. The molecule has 0 atom stereocenters. The summed E-state index contributed by atoms with van der Waals surface area (Å²) >= 11 is 0. The Morgan fingerprint density at radius 3 is 0.237 bits per heavy atom. The molecule has 0 amide bonds. The molecule has 0 aromatic carbocycles. The van der Waals surface area contributed by atoms with Crippen LogP contribution in [0.1, 0.15) is 0 Å². The van der Waals surface area contributed by atoms with Crippen LogP contribution in [0.15, 0.2) is 0 Å². The summed E-state index contributed by atoms with van der Waals surface area (Å²) < 4.78 is 19.3. The minimum absolute atomic E-state index is 0. The molecule has 4 nitrogen and oxygen atoms in total. The molecule has 38 heavy (non-hydrogen) atoms. The maximum atomic E-state index is 4.82. The minimum atomic E-state index is -1.11. The van der Waals surface area contributed by atoms with E-state index in [1.54, 1.807) is 0 Å². The van der Waals surface area contributed by atoms with E-state index in [1.165, 1.54) is 0 Å². The Morgan fingerprint density at radius 2 is 0.237 bits per heavy atom. The number of rotatable bonds is 8. The van der Waals surface area contributed by atoms with Crippen molar-refractivity contribution in [1.29, 1.82) is 0 Å². The van der Waals surface area contributed by atoms with E-state index in [-0.39, 0.29) is 43.4 Å². The Bertz CT molecular complexity index is 420. The molecule has 0 bridgehead atoms. The summed E-state index contributed by atoms with van der Waals surface area (Å²) in [4.78, 5) is 0. The SMILES string of the molecule is C[Si](C)(C)[N-][Si](C)(C)C.C[Si](C)(C)[N-][Si](C)(C)C.C[Si](C)(C)[N-][Si](C)(C)C.C[Si](C)(C)[N-][Si](C)(C)C.[Ti+2].[Ti+2]. The van der Waals surface area contributed by atoms with Crippen LogP contribution in [-0.2, 0) is 43.4 Å². The summed E-state index contributed by atoms with van der Waals surface area (Å²) in [7, 11) is -8.85. The maximum Gasteiger partial charge on any atom is 2.00 e. The van der Waals surface area contributed by atoms with E-state index in [2.05, 4.69) is 157 Å². The van der Waals surface area contributed by atoms with Gasteiger partial charge in [0.15, 0.2) is 0 Å². The summed E-state index contributed by atoms with van der Waals surface area (Å²) in [5.41, 5.74) is 0. The van der Waals surface area contributed by atoms with E-state index in [0.717, 1.165) is 0 Å². The van der Waals surface area contributed by atoms with E-state index in [1.807, 2.05) is 0 Å². The van der Waals surface area contributed by atoms with Crippen molar-refractivity contribution in [1.82, 2.24) is 0 Å². The van der Waals surface area contributed by atoms with E-state index >= 15 is 0 Å². The van der Waals surface area contributed by atoms with Crippen molar-refractivity contribution in [2.75, 3.05) is 0 Å². The third kappa shape index (κ3) is 77.3. The Morgan fingerprint density at radius 1 is 0.184 bits per heavy atom. The first-order chi connectivity index (χ1) is 14.8. The summed E-state index contributed by atoms with van der Waals surface area (Å²) in [6, 6.07) is 0. The molecule has 228 valence electrons. The summed E-state index contributed by atoms with van der Waals surface area (Å²) in [6.07, 6.45) is 0. The van der Waals surface area contributed by atoms with Gasteiger partial charge in [0.1, 0.15) is 0 Å². The monoisotopic (exact) mass is 736 g/mol. The van der Waals surface area contributed by atoms with Gasteiger partial charge in [0.05, 0.1) is 0 Å². The average Bonchev–Trinajstić information content (AvgIpc) is 2.19. The Labute approximate surface area is 282 Å². The Balaban J connectivity index is -0.0000000883. The molecule has 0 saturated heterocycles. The van der Waals surface area contributed by atoms with Crippen LogP contribution in [0.2, 0.25) is 157 Å². The molecule has 0 spiro atoms. The molecule has 0 rings (SSSR count). The van der Waals surface area contributed by atoms with Crippen LogP contribution in [0.5, 0.6) is 0 Å². The Kier molecular flexibility index (Phi) is 28.3. The van der Waals surface area contributed by atoms with Gasteiger partial charge in [-0.1, -0.05) is 223 Å². The van der Waals surface area contributed by atoms with Crippen molar-refractivity contribution in [3.05, 3.63) is 18.6 Å². The molecule has 0 aliphatic rings. The zero-order valence-electron chi connectivity index (χ0n) is 30.8. The number of hydrogen-bond acceptors (Lipinski definition) is 0. The largest absolute Gasteiger partial charge is 2.00 e. The van der Waals surface area contributed by atoms with Crippen LogP contribution in [-0.4, -0.2) is 65.9 Å². The van der Waals surface area contributed by atoms with Gasteiger partial charge in [-0.05, 0) is 0 Å². The van der Waals surface area contributed by atoms with Crippen molar-refractivity contribution in [2.24, 2.45) is 0 Å². The first kappa shape index (κ1) is 53.6. The number of hydrogen-bond donors (Lipinski definition) is 0. The number of nitrogens with zero attached hydrogens (tertiary/aromatic N) is 4. The maximum absolute atomic E-state index is 4.82. The fourth-order valence-corrected chi connectivity index (χ4v) is 36.2. The third-order valence-corrected chi connectivity index (χ3v) is 24.1. The van der Waals surface area contributed by atoms with E-state index < -0.39 is 65.9 Å². The summed E-state index contributed by atoms with van der Waals surface area (Å²) in [5, 5.41) is 0. The molecule has 0 radical (unpaired) electrons. The van der Waals surface area contributed by atoms with Crippen LogP contribution < -0.4 is 0 Å². The first-order valence-electron chi connectivity index (χ1n) is 13.8. The topological polar surface area (TPSA) is 56.4 Å². The molecule has 0 saturated carbocycles. The van der Waals surface area contributed by atoms with Crippen LogP contribution in [0.3, 0.4) is 0 Å². The van der Waals surface area contributed by atoms with Crippen molar-refractivity contribution in [2.45, 2.75) is 157 Å². The van der Waals surface area contributed by atoms with Gasteiger partial charge in [0.2, 0.25) is 0 Å². The van der Waals surface area contributed by atoms with Gasteiger partial charge in [0, 0.05) is 0 Å².